The van der Waals surface area contributed by atoms with E-state index >= 15 is 0 Å². The van der Waals surface area contributed by atoms with Crippen molar-refractivity contribution in [2.24, 2.45) is 0 Å². The van der Waals surface area contributed by atoms with Gasteiger partial charge in [0.2, 0.25) is 0 Å². The second-order valence-corrected chi connectivity index (χ2v) is 13.0. The monoisotopic (exact) mass is 600 g/mol. The molecule has 0 saturated carbocycles. The fourth-order valence-corrected chi connectivity index (χ4v) is 7.51. The third-order valence-corrected chi connectivity index (χ3v) is 9.87. The molecular weight excluding hydrogens is 569 g/mol. The first-order valence-electron chi connectivity index (χ1n) is 16.3. The molecule has 0 atom stereocenters. The molecule has 0 amide bonds. The highest BCUT2D eigenvalue weighted by atomic mass is 14.9. The van der Waals surface area contributed by atoms with Gasteiger partial charge in [-0.2, -0.15) is 0 Å². The Kier molecular flexibility index (Phi) is 6.20. The molecule has 0 bridgehead atoms. The van der Waals surface area contributed by atoms with Crippen molar-refractivity contribution >= 4 is 21.5 Å². The minimum atomic E-state index is -0.139. The molecule has 1 aliphatic carbocycles. The molecule has 1 aliphatic rings. The van der Waals surface area contributed by atoms with E-state index in [0.29, 0.717) is 0 Å². The summed E-state index contributed by atoms with van der Waals surface area (Å²) in [6.07, 6.45) is 0. The molecule has 0 N–H and O–H groups in total. The van der Waals surface area contributed by atoms with Crippen LogP contribution in [-0.2, 0) is 5.41 Å². The van der Waals surface area contributed by atoms with E-state index in [1.165, 1.54) is 54.9 Å². The highest BCUT2D eigenvalue weighted by Gasteiger charge is 2.37. The quantitative estimate of drug-likeness (QED) is 0.201. The molecule has 222 valence electrons. The van der Waals surface area contributed by atoms with E-state index in [1.54, 1.807) is 0 Å². The lowest BCUT2D eigenvalue weighted by Crippen LogP contribution is -2.14. The van der Waals surface area contributed by atoms with Gasteiger partial charge in [0, 0.05) is 27.7 Å². The third-order valence-electron chi connectivity index (χ3n) is 9.87. The minimum absolute atomic E-state index is 0.139. The van der Waals surface area contributed by atoms with Crippen molar-refractivity contribution < 1.29 is 0 Å². The summed E-state index contributed by atoms with van der Waals surface area (Å²) < 4.78 is 0. The first kappa shape index (κ1) is 27.5. The normalized spacial score (nSPS) is 13.1. The van der Waals surface area contributed by atoms with Crippen LogP contribution in [0.25, 0.3) is 77.7 Å². The van der Waals surface area contributed by atoms with Crippen molar-refractivity contribution in [3.63, 3.8) is 0 Å². The highest BCUT2D eigenvalue weighted by molar-refractivity contribution is 6.09. The summed E-state index contributed by atoms with van der Waals surface area (Å²) in [5.41, 5.74) is 12.6. The molecule has 0 unspecified atom stereocenters. The molecule has 0 aliphatic heterocycles. The maximum absolute atomic E-state index is 5.29. The number of benzene rings is 7. The SMILES string of the molecule is CC1(C)c2cc3ccccc3cc2-c2c(-c3c(-c4nc(-c5ccccc5)cc(-c5ccccc5)n4)ccc4ccccc34)cccc21. The number of rotatable bonds is 4. The molecule has 8 aromatic rings. The van der Waals surface area contributed by atoms with E-state index in [0.717, 1.165) is 33.9 Å². The van der Waals surface area contributed by atoms with Crippen molar-refractivity contribution in [3.8, 4) is 56.2 Å². The number of hydrogen-bond donors (Lipinski definition) is 0. The van der Waals surface area contributed by atoms with Crippen LogP contribution in [0.4, 0.5) is 0 Å². The van der Waals surface area contributed by atoms with Crippen molar-refractivity contribution in [1.29, 1.82) is 0 Å². The van der Waals surface area contributed by atoms with Gasteiger partial charge in [-0.15, -0.1) is 0 Å². The van der Waals surface area contributed by atoms with Gasteiger partial charge in [0.1, 0.15) is 0 Å². The number of aromatic nitrogens is 2. The lowest BCUT2D eigenvalue weighted by molar-refractivity contribution is 0.661. The predicted molar refractivity (Wildman–Crippen MR) is 196 cm³/mol. The van der Waals surface area contributed by atoms with Crippen LogP contribution < -0.4 is 0 Å². The topological polar surface area (TPSA) is 25.8 Å². The van der Waals surface area contributed by atoms with E-state index in [9.17, 15) is 0 Å². The summed E-state index contributed by atoms with van der Waals surface area (Å²) in [6, 6.07) is 56.4. The molecule has 1 aromatic heterocycles. The Morgan fingerprint density at radius 2 is 1.00 bits per heavy atom. The van der Waals surface area contributed by atoms with Crippen LogP contribution in [0.15, 0.2) is 158 Å². The summed E-state index contributed by atoms with van der Waals surface area (Å²) in [6.45, 7) is 4.72. The Labute approximate surface area is 275 Å². The fraction of sp³-hybridized carbons (Fsp3) is 0.0667. The average Bonchev–Trinajstić information content (AvgIpc) is 3.36. The molecule has 0 fully saturated rings. The number of hydrogen-bond acceptors (Lipinski definition) is 2. The summed E-state index contributed by atoms with van der Waals surface area (Å²) in [5.74, 6) is 0.722. The zero-order chi connectivity index (χ0) is 31.5. The zero-order valence-electron chi connectivity index (χ0n) is 26.4. The van der Waals surface area contributed by atoms with E-state index in [1.807, 2.05) is 12.1 Å². The molecule has 47 heavy (non-hydrogen) atoms. The Bertz CT molecular complexity index is 2420. The largest absolute Gasteiger partial charge is 0.228 e. The Hall–Kier alpha value is -5.86. The van der Waals surface area contributed by atoms with Gasteiger partial charge in [-0.05, 0) is 73.6 Å². The van der Waals surface area contributed by atoms with Gasteiger partial charge in [-0.3, -0.25) is 0 Å². The molecular formula is C45H32N2. The standard InChI is InChI=1S/C45H32N2/c1-45(2)38-23-13-22-35(43(38)37-26-32-19-9-10-20-33(32)27-39(37)45)42-34-21-12-11-14-29(34)24-25-36(42)44-46-40(30-15-5-3-6-16-30)28-41(47-44)31-17-7-4-8-18-31/h3-28H,1-2H3. The van der Waals surface area contributed by atoms with Crippen LogP contribution in [0.5, 0.6) is 0 Å². The summed E-state index contributed by atoms with van der Waals surface area (Å²) >= 11 is 0. The van der Waals surface area contributed by atoms with Crippen LogP contribution in [0.3, 0.4) is 0 Å². The maximum Gasteiger partial charge on any atom is 0.161 e. The lowest BCUT2D eigenvalue weighted by Gasteiger charge is -2.22. The van der Waals surface area contributed by atoms with E-state index in [-0.39, 0.29) is 5.41 Å². The summed E-state index contributed by atoms with van der Waals surface area (Å²) in [5, 5.41) is 4.93. The smallest absolute Gasteiger partial charge is 0.161 e. The van der Waals surface area contributed by atoms with Crippen molar-refractivity contribution in [3.05, 3.63) is 169 Å². The Balaban J connectivity index is 1.37. The van der Waals surface area contributed by atoms with Gasteiger partial charge in [0.05, 0.1) is 11.4 Å². The summed E-state index contributed by atoms with van der Waals surface area (Å²) in [7, 11) is 0. The van der Waals surface area contributed by atoms with Gasteiger partial charge in [-0.1, -0.05) is 147 Å². The van der Waals surface area contributed by atoms with E-state index in [2.05, 4.69) is 159 Å². The Morgan fingerprint density at radius 1 is 0.404 bits per heavy atom. The predicted octanol–water partition coefficient (Wildman–Crippen LogP) is 11.8. The minimum Gasteiger partial charge on any atom is -0.228 e. The number of nitrogens with zero attached hydrogens (tertiary/aromatic N) is 2. The molecule has 2 nitrogen and oxygen atoms in total. The van der Waals surface area contributed by atoms with Gasteiger partial charge in [0.25, 0.3) is 0 Å². The zero-order valence-corrected chi connectivity index (χ0v) is 26.4. The maximum atomic E-state index is 5.29. The summed E-state index contributed by atoms with van der Waals surface area (Å²) in [4.78, 5) is 10.6. The molecule has 0 saturated heterocycles. The average molecular weight is 601 g/mol. The highest BCUT2D eigenvalue weighted by Crippen LogP contribution is 2.54. The van der Waals surface area contributed by atoms with Gasteiger partial charge < -0.3 is 0 Å². The van der Waals surface area contributed by atoms with Crippen molar-refractivity contribution in [2.45, 2.75) is 19.3 Å². The third kappa shape index (κ3) is 4.40. The lowest BCUT2D eigenvalue weighted by atomic mass is 9.81. The van der Waals surface area contributed by atoms with Crippen LogP contribution in [-0.4, -0.2) is 9.97 Å². The van der Waals surface area contributed by atoms with Gasteiger partial charge in [-0.25, -0.2) is 9.97 Å². The second kappa shape index (κ2) is 10.6. The van der Waals surface area contributed by atoms with Gasteiger partial charge >= 0.3 is 0 Å². The van der Waals surface area contributed by atoms with Crippen molar-refractivity contribution in [2.75, 3.05) is 0 Å². The molecule has 7 aromatic carbocycles. The molecule has 1 heterocycles. The van der Waals surface area contributed by atoms with Crippen molar-refractivity contribution in [1.82, 2.24) is 9.97 Å². The van der Waals surface area contributed by atoms with E-state index < -0.39 is 0 Å². The molecule has 0 radical (unpaired) electrons. The first-order chi connectivity index (χ1) is 23.1. The Morgan fingerprint density at radius 3 is 1.68 bits per heavy atom. The molecule has 9 rings (SSSR count). The fourth-order valence-electron chi connectivity index (χ4n) is 7.51. The molecule has 0 spiro atoms. The van der Waals surface area contributed by atoms with Gasteiger partial charge in [0.15, 0.2) is 5.82 Å². The second-order valence-electron chi connectivity index (χ2n) is 13.0. The first-order valence-corrected chi connectivity index (χ1v) is 16.3. The van der Waals surface area contributed by atoms with E-state index in [4.69, 9.17) is 9.97 Å². The van der Waals surface area contributed by atoms with Crippen LogP contribution in [0.1, 0.15) is 25.0 Å². The van der Waals surface area contributed by atoms with Crippen LogP contribution in [0, 0.1) is 0 Å². The molecule has 2 heteroatoms. The van der Waals surface area contributed by atoms with Crippen LogP contribution >= 0.6 is 0 Å². The van der Waals surface area contributed by atoms with Crippen LogP contribution in [0.2, 0.25) is 0 Å². The number of fused-ring (bicyclic) bond motifs is 5.